The minimum atomic E-state index is -2.17. The van der Waals surface area contributed by atoms with Crippen LogP contribution in [0.15, 0.2) is 72.8 Å². The van der Waals surface area contributed by atoms with Crippen molar-refractivity contribution in [2.75, 3.05) is 15.1 Å². The van der Waals surface area contributed by atoms with Crippen molar-refractivity contribution in [2.45, 2.75) is 63.1 Å². The summed E-state index contributed by atoms with van der Waals surface area (Å²) < 4.78 is 0. The van der Waals surface area contributed by atoms with Crippen molar-refractivity contribution in [3.05, 3.63) is 89.5 Å². The molecule has 0 radical (unpaired) electrons. The molecule has 0 spiro atoms. The van der Waals surface area contributed by atoms with Crippen LogP contribution in [0, 0.1) is 5.92 Å². The van der Waals surface area contributed by atoms with Gasteiger partial charge >= 0.3 is 29.6 Å². The third kappa shape index (κ3) is 5.94. The van der Waals surface area contributed by atoms with Crippen molar-refractivity contribution in [3.8, 4) is 0 Å². The van der Waals surface area contributed by atoms with Gasteiger partial charge in [0.25, 0.3) is 17.7 Å². The number of carboxylic acids is 1. The van der Waals surface area contributed by atoms with Crippen LogP contribution in [0.3, 0.4) is 0 Å². The van der Waals surface area contributed by atoms with Crippen molar-refractivity contribution in [1.82, 2.24) is 10.2 Å². The Morgan fingerprint density at radius 3 is 2.10 bits per heavy atom. The first-order valence-electron chi connectivity index (χ1n) is 15.3. The van der Waals surface area contributed by atoms with Gasteiger partial charge in [-0.05, 0) is 49.1 Å². The predicted octanol–water partition coefficient (Wildman–Crippen LogP) is -3.93. The first-order valence-corrected chi connectivity index (χ1v) is 15.3. The molecular weight excluding hydrogens is 661 g/mol. The quantitative estimate of drug-likeness (QED) is 0.214. The van der Waals surface area contributed by atoms with Crippen LogP contribution >= 0.6 is 0 Å². The standard InChI is InChI=1S/C34H33N5O7.Na.3H2O/c1-18(2)17-25-32(45)39-24-14-8-5-11-21(24)34(46,33(39)37(25)26(40)15-16-27(41)42)28-29-35-22-12-6-3-9-19(22)31(44)38(29)23-13-7-4-10-20(23)30(43)36-28;;;;/h3-14,18,25,28-29,33,35,46H,15-17H2,1-2H3,(H,36,43)(H,41,42);;3*1H2/q;+1;;;/p-1/t25?,28?,29?,33?,34-;;;;/m0..../s1. The Bertz CT molecular complexity index is 1820. The number of aliphatic carboxylic acids is 1. The van der Waals surface area contributed by atoms with Crippen LogP contribution in [0.25, 0.3) is 0 Å². The number of hydrogen-bond donors (Lipinski definition) is 3. The molecule has 260 valence electrons. The van der Waals surface area contributed by atoms with Crippen LogP contribution in [0.1, 0.15) is 59.4 Å². The molecule has 1 saturated heterocycles. The molecule has 0 bridgehead atoms. The Morgan fingerprint density at radius 2 is 1.44 bits per heavy atom. The second kappa shape index (κ2) is 14.9. The number of nitrogens with one attached hydrogen (secondary N) is 2. The Balaban J connectivity index is 0.00000169. The van der Waals surface area contributed by atoms with Crippen LogP contribution < -0.4 is 55.1 Å². The smallest absolute Gasteiger partial charge is 0.550 e. The molecule has 4 aliphatic rings. The van der Waals surface area contributed by atoms with Gasteiger partial charge in [-0.1, -0.05) is 56.3 Å². The normalized spacial score (nSPS) is 23.9. The summed E-state index contributed by atoms with van der Waals surface area (Å²) in [4.78, 5) is 71.9. The summed E-state index contributed by atoms with van der Waals surface area (Å²) in [5, 5.41) is 31.0. The van der Waals surface area contributed by atoms with Crippen molar-refractivity contribution < 1.29 is 80.2 Å². The zero-order chi connectivity index (χ0) is 32.5. The molecule has 50 heavy (non-hydrogen) atoms. The second-order valence-electron chi connectivity index (χ2n) is 12.5. The summed E-state index contributed by atoms with van der Waals surface area (Å²) in [6.45, 7) is 3.80. The van der Waals surface area contributed by atoms with Gasteiger partial charge in [-0.3, -0.25) is 29.0 Å². The van der Waals surface area contributed by atoms with Crippen LogP contribution in [-0.4, -0.2) is 80.4 Å². The van der Waals surface area contributed by atoms with E-state index in [0.717, 1.165) is 0 Å². The minimum absolute atomic E-state index is 0. The van der Waals surface area contributed by atoms with E-state index < -0.39 is 72.5 Å². The molecule has 1 fully saturated rings. The number of carbonyl (C=O) groups is 5. The van der Waals surface area contributed by atoms with Crippen molar-refractivity contribution in [1.29, 1.82) is 0 Å². The van der Waals surface area contributed by atoms with Crippen LogP contribution in [0.2, 0.25) is 0 Å². The zero-order valence-electron chi connectivity index (χ0n) is 27.7. The van der Waals surface area contributed by atoms with Crippen molar-refractivity contribution >= 4 is 46.7 Å². The van der Waals surface area contributed by atoms with Gasteiger partial charge in [0, 0.05) is 23.6 Å². The van der Waals surface area contributed by atoms with Gasteiger partial charge in [-0.2, -0.15) is 0 Å². The molecule has 16 heteroatoms. The molecule has 3 aromatic carbocycles. The van der Waals surface area contributed by atoms with Gasteiger partial charge in [0.1, 0.15) is 24.4 Å². The fourth-order valence-electron chi connectivity index (χ4n) is 7.44. The maximum absolute atomic E-state index is 14.2. The minimum Gasteiger partial charge on any atom is -0.550 e. The maximum atomic E-state index is 14.2. The predicted molar refractivity (Wildman–Crippen MR) is 175 cm³/mol. The molecule has 4 amide bonds. The number of anilines is 3. The SMILES string of the molecule is CC(C)CC1C(=O)N2c3ccccc3[C@](O)(C3NC(=O)c4ccccc4N4C(=O)c5ccccc5NC34)C2N1C(=O)CCC(=O)[O-].O.O.O.[Na+]. The first kappa shape index (κ1) is 40.1. The first-order chi connectivity index (χ1) is 22.0. The van der Waals surface area contributed by atoms with E-state index in [1.54, 1.807) is 72.8 Å². The molecule has 3 aromatic rings. The Labute approximate surface area is 309 Å². The summed E-state index contributed by atoms with van der Waals surface area (Å²) in [6, 6.07) is 17.9. The third-order valence-corrected chi connectivity index (χ3v) is 9.32. The Hall–Kier alpha value is -4.35. The number of aliphatic hydroxyl groups is 1. The number of fused-ring (bicyclic) bond motifs is 7. The summed E-state index contributed by atoms with van der Waals surface area (Å²) in [7, 11) is 0. The topological polar surface area (TPSA) is 257 Å². The Kier molecular flexibility index (Phi) is 11.9. The summed E-state index contributed by atoms with van der Waals surface area (Å²) >= 11 is 0. The van der Waals surface area contributed by atoms with E-state index in [2.05, 4.69) is 10.6 Å². The van der Waals surface area contributed by atoms with E-state index in [0.29, 0.717) is 22.6 Å². The average molecular weight is 700 g/mol. The number of carboxylic acid groups (broad SMARTS) is 1. The van der Waals surface area contributed by atoms with E-state index >= 15 is 0 Å². The number of carbonyl (C=O) groups excluding carboxylic acids is 5. The molecule has 5 atom stereocenters. The van der Waals surface area contributed by atoms with Crippen LogP contribution in [-0.2, 0) is 20.0 Å². The number of rotatable bonds is 6. The molecule has 9 N–H and O–H groups in total. The molecule has 15 nitrogen and oxygen atoms in total. The van der Waals surface area contributed by atoms with Crippen molar-refractivity contribution in [3.63, 3.8) is 0 Å². The maximum Gasteiger partial charge on any atom is 1.00 e. The van der Waals surface area contributed by atoms with Gasteiger partial charge in [0.15, 0.2) is 5.60 Å². The monoisotopic (exact) mass is 699 g/mol. The summed E-state index contributed by atoms with van der Waals surface area (Å²) in [6.07, 6.45) is -3.22. The molecule has 4 unspecified atom stereocenters. The summed E-state index contributed by atoms with van der Waals surface area (Å²) in [5.41, 5.74) is -0.149. The largest absolute Gasteiger partial charge is 1.00 e. The van der Waals surface area contributed by atoms with E-state index in [9.17, 15) is 34.2 Å². The number of para-hydroxylation sites is 3. The van der Waals surface area contributed by atoms with Crippen LogP contribution in [0.5, 0.6) is 0 Å². The number of benzene rings is 3. The fraction of sp³-hybridized carbons (Fsp3) is 0.324. The fourth-order valence-corrected chi connectivity index (χ4v) is 7.44. The van der Waals surface area contributed by atoms with Gasteiger partial charge < -0.3 is 47.0 Å². The average Bonchev–Trinajstić information content (AvgIpc) is 3.42. The zero-order valence-corrected chi connectivity index (χ0v) is 29.7. The molecule has 7 rings (SSSR count). The molecule has 4 aliphatic heterocycles. The summed E-state index contributed by atoms with van der Waals surface area (Å²) in [5.74, 6) is -3.50. The van der Waals surface area contributed by atoms with Crippen LogP contribution in [0.4, 0.5) is 17.1 Å². The molecular formula is C34H38N5NaO10. The van der Waals surface area contributed by atoms with E-state index in [-0.39, 0.29) is 69.5 Å². The Morgan fingerprint density at radius 1 is 0.840 bits per heavy atom. The van der Waals surface area contributed by atoms with Crippen molar-refractivity contribution in [2.24, 2.45) is 5.92 Å². The number of hydrogen-bond acceptors (Lipinski definition) is 8. The molecule has 0 saturated carbocycles. The van der Waals surface area contributed by atoms with Gasteiger partial charge in [0.05, 0.1) is 22.5 Å². The number of nitrogens with zero attached hydrogens (tertiary/aromatic N) is 3. The van der Waals surface area contributed by atoms with E-state index in [1.807, 2.05) is 13.8 Å². The number of amides is 4. The molecule has 0 aromatic heterocycles. The molecule has 0 aliphatic carbocycles. The second-order valence-corrected chi connectivity index (χ2v) is 12.5. The molecule has 4 heterocycles. The van der Waals surface area contributed by atoms with Gasteiger partial charge in [0.2, 0.25) is 5.91 Å². The van der Waals surface area contributed by atoms with E-state index in [1.165, 1.54) is 14.7 Å². The third-order valence-electron chi connectivity index (χ3n) is 9.32. The van der Waals surface area contributed by atoms with E-state index in [4.69, 9.17) is 0 Å². The van der Waals surface area contributed by atoms with Gasteiger partial charge in [-0.25, -0.2) is 0 Å². The van der Waals surface area contributed by atoms with Gasteiger partial charge in [-0.15, -0.1) is 0 Å².